The zero-order valence-corrected chi connectivity index (χ0v) is 7.82. The van der Waals surface area contributed by atoms with Gasteiger partial charge >= 0.3 is 6.18 Å². The summed E-state index contributed by atoms with van der Waals surface area (Å²) in [5, 5.41) is 9.44. The van der Waals surface area contributed by atoms with Crippen LogP contribution in [0.5, 0.6) is 0 Å². The quantitative estimate of drug-likeness (QED) is 0.782. The van der Waals surface area contributed by atoms with Crippen molar-refractivity contribution in [2.45, 2.75) is 19.2 Å². The van der Waals surface area contributed by atoms with Crippen molar-refractivity contribution in [3.63, 3.8) is 0 Å². The normalized spacial score (nSPS) is 14.1. The molecule has 1 aromatic heterocycles. The first-order valence-electron chi connectivity index (χ1n) is 3.53. The number of alkyl halides is 3. The highest BCUT2D eigenvalue weighted by atomic mass is 32.1. The molecular weight excluding hydrogens is 219 g/mol. The third-order valence-corrected chi connectivity index (χ3v) is 2.32. The molecule has 78 valence electrons. The Hall–Kier alpha value is -0.950. The van der Waals surface area contributed by atoms with E-state index in [1.165, 1.54) is 12.3 Å². The minimum Gasteiger partial charge on any atom is -0.377 e. The van der Waals surface area contributed by atoms with Crippen LogP contribution in [0.1, 0.15) is 28.5 Å². The molecule has 1 N–H and O–H groups in total. The van der Waals surface area contributed by atoms with Crippen molar-refractivity contribution < 1.29 is 23.1 Å². The third-order valence-electron chi connectivity index (χ3n) is 1.43. The van der Waals surface area contributed by atoms with E-state index >= 15 is 0 Å². The van der Waals surface area contributed by atoms with Crippen LogP contribution in [0.2, 0.25) is 0 Å². The summed E-state index contributed by atoms with van der Waals surface area (Å²) in [6.07, 6.45) is -7.35. The summed E-state index contributed by atoms with van der Waals surface area (Å²) < 4.78 is 35.9. The Bertz CT molecular complexity index is 347. The third kappa shape index (κ3) is 2.30. The number of carbonyl (C=O) groups excluding carboxylic acids is 1. The molecule has 0 aliphatic rings. The average molecular weight is 225 g/mol. The summed E-state index contributed by atoms with van der Waals surface area (Å²) in [6.45, 7) is 1.19. The predicted octanol–water partition coefficient (Wildman–Crippen LogP) is 1.94. The van der Waals surface area contributed by atoms with Gasteiger partial charge in [-0.05, 0) is 0 Å². The minimum absolute atomic E-state index is 0.0618. The van der Waals surface area contributed by atoms with Crippen molar-refractivity contribution in [3.05, 3.63) is 16.1 Å². The first-order valence-corrected chi connectivity index (χ1v) is 4.41. The van der Waals surface area contributed by atoms with Gasteiger partial charge in [-0.1, -0.05) is 0 Å². The molecule has 0 fully saturated rings. The van der Waals surface area contributed by atoms with Crippen molar-refractivity contribution in [2.24, 2.45) is 0 Å². The molecule has 14 heavy (non-hydrogen) atoms. The summed E-state index contributed by atoms with van der Waals surface area (Å²) >= 11 is 0.611. The summed E-state index contributed by atoms with van der Waals surface area (Å²) in [5.41, 5.74) is -0.0618. The van der Waals surface area contributed by atoms with Gasteiger partial charge in [0.15, 0.2) is 5.78 Å². The molecule has 1 unspecified atom stereocenters. The number of thiazole rings is 1. The maximum Gasteiger partial charge on any atom is 0.420 e. The molecule has 1 atom stereocenters. The maximum absolute atomic E-state index is 12.0. The second-order valence-electron chi connectivity index (χ2n) is 2.57. The standard InChI is InChI=1S/C7H6F3NO2S/c1-3(12)4-2-14-6(11-4)5(13)7(8,9)10/h2,5,13H,1H3. The topological polar surface area (TPSA) is 50.2 Å². The number of hydrogen-bond donors (Lipinski definition) is 1. The monoisotopic (exact) mass is 225 g/mol. The Morgan fingerprint density at radius 3 is 2.57 bits per heavy atom. The molecule has 0 bridgehead atoms. The molecule has 0 saturated carbocycles. The van der Waals surface area contributed by atoms with Gasteiger partial charge in [0, 0.05) is 12.3 Å². The fraction of sp³-hybridized carbons (Fsp3) is 0.429. The highest BCUT2D eigenvalue weighted by Crippen LogP contribution is 2.33. The van der Waals surface area contributed by atoms with Gasteiger partial charge in [0.25, 0.3) is 0 Å². The number of aromatic nitrogens is 1. The largest absolute Gasteiger partial charge is 0.420 e. The van der Waals surface area contributed by atoms with Crippen LogP contribution in [0.4, 0.5) is 13.2 Å². The predicted molar refractivity (Wildman–Crippen MR) is 43.1 cm³/mol. The second-order valence-corrected chi connectivity index (χ2v) is 3.46. The lowest BCUT2D eigenvalue weighted by Crippen LogP contribution is -2.20. The van der Waals surface area contributed by atoms with Crippen LogP contribution >= 0.6 is 11.3 Å². The van der Waals surface area contributed by atoms with E-state index in [0.29, 0.717) is 11.3 Å². The van der Waals surface area contributed by atoms with Gasteiger partial charge in [-0.2, -0.15) is 13.2 Å². The summed E-state index contributed by atoms with van der Waals surface area (Å²) in [7, 11) is 0. The highest BCUT2D eigenvalue weighted by molar-refractivity contribution is 7.09. The van der Waals surface area contributed by atoms with Crippen molar-refractivity contribution >= 4 is 17.1 Å². The number of aliphatic hydroxyl groups excluding tert-OH is 1. The zero-order chi connectivity index (χ0) is 10.9. The molecule has 0 saturated heterocycles. The first kappa shape index (κ1) is 11.1. The van der Waals surface area contributed by atoms with Crippen molar-refractivity contribution in [1.82, 2.24) is 4.98 Å². The van der Waals surface area contributed by atoms with Crippen LogP contribution in [0, 0.1) is 0 Å². The lowest BCUT2D eigenvalue weighted by molar-refractivity contribution is -0.206. The smallest absolute Gasteiger partial charge is 0.377 e. The van der Waals surface area contributed by atoms with Crippen LogP contribution in [-0.4, -0.2) is 22.1 Å². The van der Waals surface area contributed by atoms with E-state index < -0.39 is 23.1 Å². The number of halogens is 3. The number of carbonyl (C=O) groups is 1. The zero-order valence-electron chi connectivity index (χ0n) is 7.00. The summed E-state index contributed by atoms with van der Waals surface area (Å²) in [5.74, 6) is -0.429. The van der Waals surface area contributed by atoms with Crippen molar-refractivity contribution in [2.75, 3.05) is 0 Å². The number of rotatable bonds is 2. The van der Waals surface area contributed by atoms with E-state index in [0.717, 1.165) is 0 Å². The number of Topliss-reactive ketones (excluding diaryl/α,β-unsaturated/α-hetero) is 1. The molecule has 3 nitrogen and oxygen atoms in total. The molecule has 0 amide bonds. The van der Waals surface area contributed by atoms with Gasteiger partial charge < -0.3 is 5.11 Å². The van der Waals surface area contributed by atoms with Gasteiger partial charge in [0.2, 0.25) is 6.10 Å². The fourth-order valence-corrected chi connectivity index (χ4v) is 1.58. The molecule has 0 aliphatic heterocycles. The Morgan fingerprint density at radius 2 is 2.21 bits per heavy atom. The Kier molecular flexibility index (Phi) is 2.91. The lowest BCUT2D eigenvalue weighted by Gasteiger charge is -2.10. The van der Waals surface area contributed by atoms with E-state index in [1.807, 2.05) is 0 Å². The average Bonchev–Trinajstić information content (AvgIpc) is 2.48. The number of hydrogen-bond acceptors (Lipinski definition) is 4. The van der Waals surface area contributed by atoms with Crippen molar-refractivity contribution in [1.29, 1.82) is 0 Å². The fourth-order valence-electron chi connectivity index (χ4n) is 0.715. The van der Waals surface area contributed by atoms with Crippen molar-refractivity contribution in [3.8, 4) is 0 Å². The Morgan fingerprint density at radius 1 is 1.64 bits per heavy atom. The van der Waals surface area contributed by atoms with Gasteiger partial charge in [0.05, 0.1) is 0 Å². The van der Waals surface area contributed by atoms with Crippen LogP contribution < -0.4 is 0 Å². The number of aliphatic hydroxyl groups is 1. The minimum atomic E-state index is -4.74. The van der Waals surface area contributed by atoms with Crippen LogP contribution in [0.25, 0.3) is 0 Å². The van der Waals surface area contributed by atoms with Crippen LogP contribution in [0.3, 0.4) is 0 Å². The highest BCUT2D eigenvalue weighted by Gasteiger charge is 2.41. The van der Waals surface area contributed by atoms with Crippen LogP contribution in [-0.2, 0) is 0 Å². The Balaban J connectivity index is 2.92. The first-order chi connectivity index (χ1) is 6.32. The molecule has 1 aromatic rings. The van der Waals surface area contributed by atoms with E-state index in [9.17, 15) is 18.0 Å². The van der Waals surface area contributed by atoms with E-state index in [4.69, 9.17) is 5.11 Å². The SMILES string of the molecule is CC(=O)c1csc(C(O)C(F)(F)F)n1. The van der Waals surface area contributed by atoms with Gasteiger partial charge in [0.1, 0.15) is 10.7 Å². The van der Waals surface area contributed by atoms with Gasteiger partial charge in [-0.25, -0.2) is 4.98 Å². The number of nitrogens with zero attached hydrogens (tertiary/aromatic N) is 1. The molecular formula is C7H6F3NO2S. The molecule has 0 aromatic carbocycles. The summed E-state index contributed by atoms with van der Waals surface area (Å²) in [6, 6.07) is 0. The Labute approximate surface area is 81.2 Å². The van der Waals surface area contributed by atoms with E-state index in [-0.39, 0.29) is 5.69 Å². The van der Waals surface area contributed by atoms with Gasteiger partial charge in [-0.3, -0.25) is 4.79 Å². The van der Waals surface area contributed by atoms with E-state index in [1.54, 1.807) is 0 Å². The molecule has 0 spiro atoms. The maximum atomic E-state index is 12.0. The number of ketones is 1. The molecule has 0 aliphatic carbocycles. The summed E-state index contributed by atoms with van der Waals surface area (Å²) in [4.78, 5) is 14.1. The molecule has 7 heteroatoms. The lowest BCUT2D eigenvalue weighted by atomic mass is 10.3. The second kappa shape index (κ2) is 3.66. The molecule has 1 rings (SSSR count). The van der Waals surface area contributed by atoms with Crippen LogP contribution in [0.15, 0.2) is 5.38 Å². The van der Waals surface area contributed by atoms with Gasteiger partial charge in [-0.15, -0.1) is 11.3 Å². The van der Waals surface area contributed by atoms with E-state index in [2.05, 4.69) is 4.98 Å². The molecule has 0 radical (unpaired) electrons. The molecule has 1 heterocycles.